The molecule has 0 spiro atoms. The van der Waals surface area contributed by atoms with Gasteiger partial charge in [-0.3, -0.25) is 9.36 Å². The monoisotopic (exact) mass is 347 g/mol. The minimum atomic E-state index is -0.0523. The Kier molecular flexibility index (Phi) is 3.55. The lowest BCUT2D eigenvalue weighted by Crippen LogP contribution is -2.22. The zero-order chi connectivity index (χ0) is 11.5. The Morgan fingerprint density at radius 1 is 1.50 bits per heavy atom. The summed E-state index contributed by atoms with van der Waals surface area (Å²) in [7, 11) is 0. The molecule has 0 unspecified atom stereocenters. The topological polar surface area (TPSA) is 47.8 Å². The van der Waals surface area contributed by atoms with Crippen molar-refractivity contribution in [3.8, 4) is 0 Å². The predicted molar refractivity (Wildman–Crippen MR) is 69.6 cm³/mol. The van der Waals surface area contributed by atoms with Crippen molar-refractivity contribution in [2.75, 3.05) is 0 Å². The van der Waals surface area contributed by atoms with E-state index >= 15 is 0 Å². The molecule has 0 radical (unpaired) electrons. The van der Waals surface area contributed by atoms with Crippen LogP contribution in [0.3, 0.4) is 0 Å². The van der Waals surface area contributed by atoms with Gasteiger partial charge in [0.25, 0.3) is 5.56 Å². The summed E-state index contributed by atoms with van der Waals surface area (Å²) in [5.74, 6) is 0. The van der Waals surface area contributed by atoms with Crippen LogP contribution in [0.15, 0.2) is 35.6 Å². The predicted octanol–water partition coefficient (Wildman–Crippen LogP) is 1.94. The van der Waals surface area contributed by atoms with Gasteiger partial charge in [0.15, 0.2) is 0 Å². The summed E-state index contributed by atoms with van der Waals surface area (Å²) >= 11 is 7.73. The number of hydrogen-bond donors (Lipinski definition) is 0. The molecule has 6 heteroatoms. The highest BCUT2D eigenvalue weighted by Gasteiger charge is 2.02. The lowest BCUT2D eigenvalue weighted by Gasteiger charge is -2.05. The van der Waals surface area contributed by atoms with Crippen molar-refractivity contribution in [3.05, 3.63) is 55.5 Å². The average Bonchev–Trinajstić information content (AvgIpc) is 2.25. The van der Waals surface area contributed by atoms with E-state index in [1.165, 1.54) is 10.9 Å². The Balaban J connectivity index is 2.34. The average molecular weight is 348 g/mol. The maximum atomic E-state index is 11.7. The molecule has 2 rings (SSSR count). The molecule has 82 valence electrons. The Labute approximate surface area is 110 Å². The maximum absolute atomic E-state index is 11.7. The van der Waals surface area contributed by atoms with Gasteiger partial charge in [-0.15, -0.1) is 0 Å². The second kappa shape index (κ2) is 4.92. The first-order valence-corrected chi connectivity index (χ1v) is 5.93. The van der Waals surface area contributed by atoms with Gasteiger partial charge in [-0.1, -0.05) is 11.6 Å². The number of pyridine rings is 1. The first-order chi connectivity index (χ1) is 7.66. The fourth-order valence-corrected chi connectivity index (χ4v) is 1.94. The van der Waals surface area contributed by atoms with Crippen molar-refractivity contribution in [3.63, 3.8) is 0 Å². The smallest absolute Gasteiger partial charge is 0.267 e. The van der Waals surface area contributed by atoms with E-state index < -0.39 is 0 Å². The summed E-state index contributed by atoms with van der Waals surface area (Å²) in [5, 5.41) is 0.420. The largest absolute Gasteiger partial charge is 0.294 e. The van der Waals surface area contributed by atoms with Crippen LogP contribution in [0.5, 0.6) is 0 Å². The quantitative estimate of drug-likeness (QED) is 0.616. The molecule has 0 aliphatic rings. The zero-order valence-corrected chi connectivity index (χ0v) is 11.0. The van der Waals surface area contributed by atoms with E-state index in [4.69, 9.17) is 11.6 Å². The molecule has 0 N–H and O–H groups in total. The molecule has 0 fully saturated rings. The van der Waals surface area contributed by atoms with Crippen molar-refractivity contribution in [2.24, 2.45) is 0 Å². The normalized spacial score (nSPS) is 10.4. The Bertz CT molecular complexity index is 570. The zero-order valence-electron chi connectivity index (χ0n) is 8.10. The summed E-state index contributed by atoms with van der Waals surface area (Å²) in [6.45, 7) is 0.449. The molecular formula is C10H7ClIN3O. The lowest BCUT2D eigenvalue weighted by molar-refractivity contribution is 0.729. The van der Waals surface area contributed by atoms with E-state index in [-0.39, 0.29) is 5.56 Å². The first kappa shape index (κ1) is 11.5. The van der Waals surface area contributed by atoms with E-state index in [0.717, 1.165) is 5.56 Å². The molecule has 0 aromatic carbocycles. The highest BCUT2D eigenvalue weighted by molar-refractivity contribution is 14.1. The molecule has 0 aliphatic heterocycles. The second-order valence-electron chi connectivity index (χ2n) is 3.16. The van der Waals surface area contributed by atoms with Crippen LogP contribution >= 0.6 is 34.2 Å². The molecule has 0 bridgehead atoms. The molecule has 0 aliphatic carbocycles. The van der Waals surface area contributed by atoms with Crippen LogP contribution in [0, 0.1) is 3.57 Å². The van der Waals surface area contributed by atoms with E-state index in [1.54, 1.807) is 18.5 Å². The minimum Gasteiger partial charge on any atom is -0.294 e. The number of nitrogens with zero attached hydrogens (tertiary/aromatic N) is 3. The van der Waals surface area contributed by atoms with Crippen LogP contribution in [0.2, 0.25) is 5.15 Å². The molecule has 0 saturated carbocycles. The van der Waals surface area contributed by atoms with E-state index in [9.17, 15) is 4.79 Å². The van der Waals surface area contributed by atoms with Gasteiger partial charge >= 0.3 is 0 Å². The summed E-state index contributed by atoms with van der Waals surface area (Å²) < 4.78 is 2.13. The van der Waals surface area contributed by atoms with Gasteiger partial charge in [-0.25, -0.2) is 9.97 Å². The molecule has 2 aromatic rings. The molecule has 2 aromatic heterocycles. The molecule has 0 amide bonds. The molecule has 16 heavy (non-hydrogen) atoms. The lowest BCUT2D eigenvalue weighted by atomic mass is 10.3. The summed E-state index contributed by atoms with van der Waals surface area (Å²) in [6, 6.07) is 3.55. The Hall–Kier alpha value is -0.950. The first-order valence-electron chi connectivity index (χ1n) is 4.47. The highest BCUT2D eigenvalue weighted by Crippen LogP contribution is 2.07. The van der Waals surface area contributed by atoms with E-state index in [1.807, 2.05) is 28.7 Å². The third-order valence-corrected chi connectivity index (χ3v) is 2.95. The van der Waals surface area contributed by atoms with Crippen LogP contribution in [0.25, 0.3) is 0 Å². The van der Waals surface area contributed by atoms with Crippen LogP contribution in [0.1, 0.15) is 5.56 Å². The molecule has 0 saturated heterocycles. The molecule has 2 heterocycles. The highest BCUT2D eigenvalue weighted by atomic mass is 127. The second-order valence-corrected chi connectivity index (χ2v) is 4.71. The standard InChI is InChI=1S/C10H7ClIN3O/c11-9-3-7(1-2-14-9)5-15-6-13-4-8(12)10(15)16/h1-4,6H,5H2. The summed E-state index contributed by atoms with van der Waals surface area (Å²) in [5.41, 5.74) is 0.870. The van der Waals surface area contributed by atoms with Gasteiger partial charge in [-0.05, 0) is 40.3 Å². The van der Waals surface area contributed by atoms with Gasteiger partial charge in [0.05, 0.1) is 16.4 Å². The van der Waals surface area contributed by atoms with Gasteiger partial charge in [0.1, 0.15) is 5.15 Å². The van der Waals surface area contributed by atoms with Crippen LogP contribution < -0.4 is 5.56 Å². The fourth-order valence-electron chi connectivity index (χ4n) is 1.27. The van der Waals surface area contributed by atoms with Crippen LogP contribution in [0.4, 0.5) is 0 Å². The fraction of sp³-hybridized carbons (Fsp3) is 0.100. The van der Waals surface area contributed by atoms with E-state index in [2.05, 4.69) is 9.97 Å². The number of aromatic nitrogens is 3. The Morgan fingerprint density at radius 2 is 2.31 bits per heavy atom. The molecule has 4 nitrogen and oxygen atoms in total. The number of halogens is 2. The Morgan fingerprint density at radius 3 is 3.06 bits per heavy atom. The van der Waals surface area contributed by atoms with Gasteiger partial charge in [0, 0.05) is 12.4 Å². The van der Waals surface area contributed by atoms with E-state index in [0.29, 0.717) is 15.3 Å². The van der Waals surface area contributed by atoms with Gasteiger partial charge < -0.3 is 0 Å². The molecular weight excluding hydrogens is 340 g/mol. The van der Waals surface area contributed by atoms with Gasteiger partial charge in [0.2, 0.25) is 0 Å². The van der Waals surface area contributed by atoms with Crippen molar-refractivity contribution in [1.29, 1.82) is 0 Å². The SMILES string of the molecule is O=c1c(I)cncn1Cc1ccnc(Cl)c1. The van der Waals surface area contributed by atoms with Gasteiger partial charge in [-0.2, -0.15) is 0 Å². The van der Waals surface area contributed by atoms with Crippen molar-refractivity contribution in [2.45, 2.75) is 6.54 Å². The number of rotatable bonds is 2. The summed E-state index contributed by atoms with van der Waals surface area (Å²) in [4.78, 5) is 19.6. The third kappa shape index (κ3) is 2.59. The minimum absolute atomic E-state index is 0.0523. The molecule has 0 atom stereocenters. The maximum Gasteiger partial charge on any atom is 0.267 e. The van der Waals surface area contributed by atoms with Crippen molar-refractivity contribution >= 4 is 34.2 Å². The number of hydrogen-bond acceptors (Lipinski definition) is 3. The summed E-state index contributed by atoms with van der Waals surface area (Å²) in [6.07, 6.45) is 4.67. The van der Waals surface area contributed by atoms with Crippen LogP contribution in [-0.4, -0.2) is 14.5 Å². The van der Waals surface area contributed by atoms with Crippen molar-refractivity contribution in [1.82, 2.24) is 14.5 Å². The third-order valence-electron chi connectivity index (χ3n) is 2.00. The van der Waals surface area contributed by atoms with Crippen molar-refractivity contribution < 1.29 is 0 Å². The van der Waals surface area contributed by atoms with Crippen LogP contribution in [-0.2, 0) is 6.54 Å².